The summed E-state index contributed by atoms with van der Waals surface area (Å²) in [6.45, 7) is 16.1. The van der Waals surface area contributed by atoms with Gasteiger partial charge in [0.1, 0.15) is 116 Å². The molecule has 4 saturated carbocycles. The van der Waals surface area contributed by atoms with Crippen molar-refractivity contribution in [2.45, 2.75) is 266 Å². The van der Waals surface area contributed by atoms with E-state index in [1.165, 1.54) is 6.92 Å². The Balaban J connectivity index is 0.821. The number of aliphatic hydroxyl groups is 14. The molecule has 0 amide bonds. The van der Waals surface area contributed by atoms with Gasteiger partial charge in [0, 0.05) is 12.8 Å². The number of aliphatic hydroxyl groups excluding tert-OH is 14. The molecule has 10 rings (SSSR count). The SMILES string of the molecule is C=C1CC[C@]2(C(=O)O[C@H]3O[C@H](CO[C@@H]4O[C@H](COC(C)=O)[C@H](O[C@@H]5O[C@@H](C)[C@H](O)[C@@H](O)[C@H]5O)[C@@H](O)[C@H]4O)[C@H](O)[C@H](O)[C@H]3O)CC[C@]3(C)C(=CC[C@@H]4[C@@]5(C)CC[C@H](O[C@@H]6OC[C@H](O)[C@H](O)[C@H]6O[C@@H]6O[C@H](CO)[C@H](O)[C@H](O)[C@H]6O)C(C)(C)[C@@H]5CC[C@]43C)[C@@H]2C1. The summed E-state index contributed by atoms with van der Waals surface area (Å²) in [4.78, 5) is 27.1. The van der Waals surface area contributed by atoms with Crippen molar-refractivity contribution in [1.29, 1.82) is 0 Å². The van der Waals surface area contributed by atoms with Crippen LogP contribution in [0.3, 0.4) is 0 Å². The Labute approximate surface area is 505 Å². The Hall–Kier alpha value is -2.50. The van der Waals surface area contributed by atoms with Crippen LogP contribution in [-0.4, -0.2) is 263 Å². The van der Waals surface area contributed by atoms with E-state index in [4.69, 9.17) is 52.1 Å². The molecule has 87 heavy (non-hydrogen) atoms. The zero-order chi connectivity index (χ0) is 63.4. The van der Waals surface area contributed by atoms with Gasteiger partial charge in [-0.3, -0.25) is 9.59 Å². The van der Waals surface area contributed by atoms with Gasteiger partial charge in [0.15, 0.2) is 25.2 Å². The van der Waals surface area contributed by atoms with Gasteiger partial charge in [-0.1, -0.05) is 58.4 Å². The van der Waals surface area contributed by atoms with Crippen LogP contribution in [0.4, 0.5) is 0 Å². The van der Waals surface area contributed by atoms with Crippen LogP contribution in [0.15, 0.2) is 23.8 Å². The number of carbonyl (C=O) groups excluding carboxylic acids is 2. The molecule has 5 heterocycles. The van der Waals surface area contributed by atoms with E-state index in [9.17, 15) is 76.3 Å². The second-order valence-corrected chi connectivity index (χ2v) is 27.9. The van der Waals surface area contributed by atoms with Gasteiger partial charge in [0.2, 0.25) is 6.29 Å². The Bertz CT molecular complexity index is 2480. The lowest BCUT2D eigenvalue weighted by Crippen LogP contribution is -2.66. The fourth-order valence-electron chi connectivity index (χ4n) is 17.3. The van der Waals surface area contributed by atoms with Crippen molar-refractivity contribution in [2.75, 3.05) is 26.4 Å². The minimum Gasteiger partial charge on any atom is -0.463 e. The Morgan fingerprint density at radius 3 is 1.90 bits per heavy atom. The van der Waals surface area contributed by atoms with Gasteiger partial charge in [-0.05, 0) is 105 Å². The molecule has 27 heteroatoms. The van der Waals surface area contributed by atoms with Gasteiger partial charge in [-0.15, -0.1) is 0 Å². The van der Waals surface area contributed by atoms with Crippen molar-refractivity contribution < 1.29 is 133 Å². The van der Waals surface area contributed by atoms with Crippen molar-refractivity contribution in [3.63, 3.8) is 0 Å². The number of rotatable bonds is 14. The number of hydrogen-bond donors (Lipinski definition) is 14. The minimum absolute atomic E-state index is 0.125. The highest BCUT2D eigenvalue weighted by Crippen LogP contribution is 2.75. The second-order valence-electron chi connectivity index (χ2n) is 27.9. The van der Waals surface area contributed by atoms with Crippen LogP contribution in [0.1, 0.15) is 113 Å². The highest BCUT2D eigenvalue weighted by Gasteiger charge is 2.70. The first kappa shape index (κ1) is 67.4. The summed E-state index contributed by atoms with van der Waals surface area (Å²) >= 11 is 0. The molecular formula is C60H94O27. The first-order chi connectivity index (χ1) is 40.8. The molecule has 0 aromatic carbocycles. The summed E-state index contributed by atoms with van der Waals surface area (Å²) in [6.07, 6.45) is -30.7. The molecular weight excluding hydrogens is 1150 g/mol. The monoisotopic (exact) mass is 1250 g/mol. The van der Waals surface area contributed by atoms with Crippen molar-refractivity contribution in [2.24, 2.45) is 44.8 Å². The molecule has 5 saturated heterocycles. The second kappa shape index (κ2) is 25.4. The largest absolute Gasteiger partial charge is 0.463 e. The summed E-state index contributed by atoms with van der Waals surface area (Å²) in [5, 5.41) is 151. The predicted molar refractivity (Wildman–Crippen MR) is 293 cm³/mol. The van der Waals surface area contributed by atoms with Crippen LogP contribution in [0.2, 0.25) is 0 Å². The van der Waals surface area contributed by atoms with E-state index in [0.717, 1.165) is 37.3 Å². The van der Waals surface area contributed by atoms with Crippen LogP contribution >= 0.6 is 0 Å². The summed E-state index contributed by atoms with van der Waals surface area (Å²) in [7, 11) is 0. The van der Waals surface area contributed by atoms with E-state index in [2.05, 4.69) is 47.3 Å². The van der Waals surface area contributed by atoms with Gasteiger partial charge in [0.25, 0.3) is 0 Å². The van der Waals surface area contributed by atoms with Crippen LogP contribution in [0.25, 0.3) is 0 Å². The lowest BCUT2D eigenvalue weighted by molar-refractivity contribution is -0.367. The van der Waals surface area contributed by atoms with E-state index in [0.29, 0.717) is 44.9 Å². The Morgan fingerprint density at radius 1 is 0.609 bits per heavy atom. The molecule has 32 atom stereocenters. The van der Waals surface area contributed by atoms with Crippen molar-refractivity contribution in [1.82, 2.24) is 0 Å². The highest BCUT2D eigenvalue weighted by molar-refractivity contribution is 5.79. The summed E-state index contributed by atoms with van der Waals surface area (Å²) in [6, 6.07) is 0. The van der Waals surface area contributed by atoms with Crippen LogP contribution in [0.5, 0.6) is 0 Å². The molecule has 0 unspecified atom stereocenters. The van der Waals surface area contributed by atoms with Crippen molar-refractivity contribution in [3.8, 4) is 0 Å². The molecule has 27 nitrogen and oxygen atoms in total. The summed E-state index contributed by atoms with van der Waals surface area (Å²) in [5.41, 5.74) is -0.318. The van der Waals surface area contributed by atoms with Crippen LogP contribution in [-0.2, 0) is 61.7 Å². The first-order valence-electron chi connectivity index (χ1n) is 30.8. The van der Waals surface area contributed by atoms with E-state index < -0.39 is 202 Å². The van der Waals surface area contributed by atoms with Crippen molar-refractivity contribution in [3.05, 3.63) is 23.8 Å². The zero-order valence-electron chi connectivity index (χ0n) is 50.4. The number of allylic oxidation sites excluding steroid dienone is 3. The Kier molecular flexibility index (Phi) is 19.7. The zero-order valence-corrected chi connectivity index (χ0v) is 50.4. The van der Waals surface area contributed by atoms with E-state index in [-0.39, 0.29) is 35.2 Å². The van der Waals surface area contributed by atoms with Gasteiger partial charge < -0.3 is 124 Å². The smallest absolute Gasteiger partial charge is 0.315 e. The quantitative estimate of drug-likeness (QED) is 0.0488. The van der Waals surface area contributed by atoms with Gasteiger partial charge in [-0.2, -0.15) is 0 Å². The molecule has 0 spiro atoms. The van der Waals surface area contributed by atoms with E-state index in [1.54, 1.807) is 0 Å². The third-order valence-electron chi connectivity index (χ3n) is 22.8. The predicted octanol–water partition coefficient (Wildman–Crippen LogP) is -2.44. The molecule has 9 fully saturated rings. The number of fused-ring (bicyclic) bond motifs is 7. The average Bonchev–Trinajstić information content (AvgIpc) is 0.720. The lowest BCUT2D eigenvalue weighted by atomic mass is 9.34. The maximum absolute atomic E-state index is 15.2. The van der Waals surface area contributed by atoms with Crippen molar-refractivity contribution >= 4 is 11.9 Å². The van der Waals surface area contributed by atoms with Gasteiger partial charge in [-0.25, -0.2) is 0 Å². The lowest BCUT2D eigenvalue weighted by Gasteiger charge is -2.71. The fraction of sp³-hybridized carbons (Fsp3) is 0.900. The minimum atomic E-state index is -1.92. The maximum atomic E-state index is 15.2. The standard InChI is InChI=1S/C60H94O27/c1-24-11-16-60(55(76)87-53-46(74)42(70)39(67)31(82-53)22-79-50-47(75)43(71)48(32(83-50)23-77-26(3)62)85-51-44(72)40(68)36(64)25(2)80-51)18-17-58(7)27(28(60)19-24)9-10-34-57(6)14-13-35(56(4,5)33(57)12-15-59(34,58)8)84-54-49(37(65)29(63)21-78-54)86-52-45(73)41(69)38(66)30(20-61)81-52/h9,25,28-54,61,63-75H,1,10-23H2,2-8H3/t25-,28-,29-,30+,31+,32+,33-,34+,35-,36-,37-,38-,39-,40+,41-,42-,43-,44+,45+,46+,47+,48-,49+,50+,51-,52-,53+,54-,57-,58+,59+,60-/m0/s1. The molecule has 0 aromatic rings. The van der Waals surface area contributed by atoms with Crippen LogP contribution in [0, 0.1) is 44.8 Å². The van der Waals surface area contributed by atoms with Crippen LogP contribution < -0.4 is 0 Å². The number of esters is 2. The first-order valence-corrected chi connectivity index (χ1v) is 30.8. The molecule has 0 bridgehead atoms. The summed E-state index contributed by atoms with van der Waals surface area (Å²) < 4.78 is 64.8. The fourth-order valence-corrected chi connectivity index (χ4v) is 17.3. The Morgan fingerprint density at radius 2 is 1.22 bits per heavy atom. The van der Waals surface area contributed by atoms with E-state index >= 15 is 4.79 Å². The molecule has 5 aliphatic carbocycles. The summed E-state index contributed by atoms with van der Waals surface area (Å²) in [5.74, 6) is -1.44. The molecule has 14 N–H and O–H groups in total. The van der Waals surface area contributed by atoms with Gasteiger partial charge in [0.05, 0.1) is 37.4 Å². The number of carbonyl (C=O) groups is 2. The van der Waals surface area contributed by atoms with Gasteiger partial charge >= 0.3 is 11.9 Å². The number of ether oxygens (including phenoxy) is 11. The molecule has 10 aliphatic rings. The topological polar surface area (TPSA) is 419 Å². The molecule has 5 aliphatic heterocycles. The van der Waals surface area contributed by atoms with E-state index in [1.807, 2.05) is 0 Å². The molecule has 0 aromatic heterocycles. The highest BCUT2D eigenvalue weighted by atomic mass is 16.8. The number of hydrogen-bond acceptors (Lipinski definition) is 27. The average molecular weight is 1250 g/mol. The normalized spacial score (nSPS) is 52.5. The molecule has 496 valence electrons. The molecule has 0 radical (unpaired) electrons. The maximum Gasteiger partial charge on any atom is 0.315 e. The third kappa shape index (κ3) is 11.7. The third-order valence-corrected chi connectivity index (χ3v) is 22.8.